The molecule has 128 valence electrons. The first-order chi connectivity index (χ1) is 11.2. The molecule has 2 rings (SSSR count). The first kappa shape index (κ1) is 17.9. The molecule has 0 unspecified atom stereocenters. The van der Waals surface area contributed by atoms with Crippen molar-refractivity contribution in [2.45, 2.75) is 33.2 Å². The van der Waals surface area contributed by atoms with Gasteiger partial charge in [0.05, 0.1) is 4.92 Å². The molecule has 9 heteroatoms. The fourth-order valence-electron chi connectivity index (χ4n) is 1.79. The lowest BCUT2D eigenvalue weighted by Gasteiger charge is -2.21. The highest BCUT2D eigenvalue weighted by molar-refractivity contribution is 6.31. The SMILES string of the molecule is Cc1ccc(Nc2ncnc(NNC(C)(C)C)c2[N+](=O)[O-])cc1Cl. The Morgan fingerprint density at radius 3 is 2.46 bits per heavy atom. The lowest BCUT2D eigenvalue weighted by Crippen LogP contribution is -2.40. The number of hydrazine groups is 1. The van der Waals surface area contributed by atoms with Crippen molar-refractivity contribution in [3.8, 4) is 0 Å². The van der Waals surface area contributed by atoms with Crippen LogP contribution in [0.25, 0.3) is 0 Å². The minimum atomic E-state index is -0.537. The van der Waals surface area contributed by atoms with Crippen LogP contribution in [0.15, 0.2) is 24.5 Å². The van der Waals surface area contributed by atoms with E-state index in [0.29, 0.717) is 10.7 Å². The standard InChI is InChI=1S/C15H19ClN6O2/c1-9-5-6-10(7-11(9)16)19-13-12(22(23)24)14(18-8-17-13)20-21-15(2,3)4/h5-8,21H,1-4H3,(H2,17,18,19,20). The topological polar surface area (TPSA) is 105 Å². The second-order valence-corrected chi connectivity index (χ2v) is 6.67. The van der Waals surface area contributed by atoms with E-state index in [1.54, 1.807) is 12.1 Å². The minimum absolute atomic E-state index is 0.0747. The van der Waals surface area contributed by atoms with Crippen LogP contribution in [0.4, 0.5) is 23.0 Å². The third-order valence-corrected chi connectivity index (χ3v) is 3.40. The van der Waals surface area contributed by atoms with Crippen LogP contribution in [0.5, 0.6) is 0 Å². The van der Waals surface area contributed by atoms with Gasteiger partial charge in [0.15, 0.2) is 0 Å². The average molecular weight is 351 g/mol. The molecule has 0 bridgehead atoms. The van der Waals surface area contributed by atoms with Crippen LogP contribution in [0.2, 0.25) is 5.02 Å². The normalized spacial score (nSPS) is 11.2. The molecule has 0 saturated carbocycles. The van der Waals surface area contributed by atoms with E-state index in [1.165, 1.54) is 6.33 Å². The van der Waals surface area contributed by atoms with Gasteiger partial charge in [0, 0.05) is 16.2 Å². The van der Waals surface area contributed by atoms with E-state index in [-0.39, 0.29) is 22.9 Å². The summed E-state index contributed by atoms with van der Waals surface area (Å²) < 4.78 is 0. The summed E-state index contributed by atoms with van der Waals surface area (Å²) >= 11 is 6.08. The van der Waals surface area contributed by atoms with E-state index < -0.39 is 4.92 Å². The summed E-state index contributed by atoms with van der Waals surface area (Å²) in [6.45, 7) is 7.63. The molecule has 2 aromatic rings. The van der Waals surface area contributed by atoms with Gasteiger partial charge in [-0.25, -0.2) is 15.4 Å². The Bertz CT molecular complexity index is 760. The molecule has 0 radical (unpaired) electrons. The van der Waals surface area contributed by atoms with E-state index in [9.17, 15) is 10.1 Å². The Labute approximate surface area is 144 Å². The molecule has 0 aliphatic heterocycles. The van der Waals surface area contributed by atoms with Gasteiger partial charge in [0.1, 0.15) is 6.33 Å². The van der Waals surface area contributed by atoms with E-state index >= 15 is 0 Å². The quantitative estimate of drug-likeness (QED) is 0.556. The summed E-state index contributed by atoms with van der Waals surface area (Å²) in [6.07, 6.45) is 1.25. The Kier molecular flexibility index (Phi) is 5.20. The smallest absolute Gasteiger partial charge is 0.334 e. The molecule has 0 spiro atoms. The molecule has 1 aromatic carbocycles. The number of nitrogens with zero attached hydrogens (tertiary/aromatic N) is 3. The number of benzene rings is 1. The lowest BCUT2D eigenvalue weighted by molar-refractivity contribution is -0.383. The molecular formula is C15H19ClN6O2. The van der Waals surface area contributed by atoms with Gasteiger partial charge in [-0.2, -0.15) is 0 Å². The zero-order valence-corrected chi connectivity index (χ0v) is 14.6. The van der Waals surface area contributed by atoms with E-state index in [1.807, 2.05) is 33.8 Å². The maximum absolute atomic E-state index is 11.5. The van der Waals surface area contributed by atoms with Gasteiger partial charge in [0.2, 0.25) is 11.6 Å². The predicted octanol–water partition coefficient (Wildman–Crippen LogP) is 3.81. The molecule has 0 amide bonds. The molecular weight excluding hydrogens is 332 g/mol. The Hall–Kier alpha value is -2.45. The number of aromatic nitrogens is 2. The third-order valence-electron chi connectivity index (χ3n) is 3.00. The number of hydrogen-bond donors (Lipinski definition) is 3. The number of nitro groups is 1. The molecule has 0 aliphatic carbocycles. The van der Waals surface area contributed by atoms with Crippen LogP contribution in [-0.2, 0) is 0 Å². The van der Waals surface area contributed by atoms with E-state index in [0.717, 1.165) is 5.56 Å². The van der Waals surface area contributed by atoms with Crippen molar-refractivity contribution in [2.75, 3.05) is 10.7 Å². The summed E-state index contributed by atoms with van der Waals surface area (Å²) in [5.74, 6) is 0.152. The first-order valence-electron chi connectivity index (χ1n) is 7.23. The fourth-order valence-corrected chi connectivity index (χ4v) is 1.97. The van der Waals surface area contributed by atoms with Crippen LogP contribution in [0, 0.1) is 17.0 Å². The molecule has 8 nitrogen and oxygen atoms in total. The number of halogens is 1. The van der Waals surface area contributed by atoms with Crippen molar-refractivity contribution >= 4 is 34.6 Å². The molecule has 0 aliphatic rings. The van der Waals surface area contributed by atoms with E-state index in [2.05, 4.69) is 26.1 Å². The van der Waals surface area contributed by atoms with Gasteiger partial charge in [-0.3, -0.25) is 15.5 Å². The van der Waals surface area contributed by atoms with Gasteiger partial charge >= 0.3 is 5.69 Å². The molecule has 1 heterocycles. The minimum Gasteiger partial charge on any atom is -0.334 e. The molecule has 0 fully saturated rings. The molecule has 3 N–H and O–H groups in total. The van der Waals surface area contributed by atoms with Crippen LogP contribution < -0.4 is 16.2 Å². The van der Waals surface area contributed by atoms with Crippen molar-refractivity contribution in [2.24, 2.45) is 0 Å². The van der Waals surface area contributed by atoms with Crippen molar-refractivity contribution < 1.29 is 4.92 Å². The Morgan fingerprint density at radius 1 is 1.21 bits per heavy atom. The van der Waals surface area contributed by atoms with Crippen LogP contribution in [-0.4, -0.2) is 20.4 Å². The van der Waals surface area contributed by atoms with Gasteiger partial charge in [0.25, 0.3) is 0 Å². The predicted molar refractivity (Wildman–Crippen MR) is 94.7 cm³/mol. The number of nitrogens with one attached hydrogen (secondary N) is 3. The molecule has 24 heavy (non-hydrogen) atoms. The highest BCUT2D eigenvalue weighted by atomic mass is 35.5. The van der Waals surface area contributed by atoms with Gasteiger partial charge in [-0.05, 0) is 45.4 Å². The first-order valence-corrected chi connectivity index (χ1v) is 7.61. The van der Waals surface area contributed by atoms with Crippen LogP contribution in [0.1, 0.15) is 26.3 Å². The Morgan fingerprint density at radius 2 is 1.88 bits per heavy atom. The maximum atomic E-state index is 11.5. The number of aryl methyl sites for hydroxylation is 1. The fraction of sp³-hybridized carbons (Fsp3) is 0.333. The maximum Gasteiger partial charge on any atom is 0.354 e. The molecule has 1 aromatic heterocycles. The number of anilines is 3. The van der Waals surface area contributed by atoms with Crippen molar-refractivity contribution in [1.82, 2.24) is 15.4 Å². The zero-order valence-electron chi connectivity index (χ0n) is 13.8. The second kappa shape index (κ2) is 6.98. The second-order valence-electron chi connectivity index (χ2n) is 6.27. The van der Waals surface area contributed by atoms with Gasteiger partial charge in [-0.15, -0.1) is 0 Å². The summed E-state index contributed by atoms with van der Waals surface area (Å²) in [5, 5.41) is 14.9. The monoisotopic (exact) mass is 350 g/mol. The Balaban J connectivity index is 2.35. The third kappa shape index (κ3) is 4.53. The zero-order chi connectivity index (χ0) is 17.9. The molecule has 0 atom stereocenters. The number of rotatable bonds is 5. The molecule has 0 saturated heterocycles. The van der Waals surface area contributed by atoms with Crippen molar-refractivity contribution in [3.05, 3.63) is 45.2 Å². The van der Waals surface area contributed by atoms with Gasteiger partial charge < -0.3 is 5.32 Å². The highest BCUT2D eigenvalue weighted by Crippen LogP contribution is 2.32. The van der Waals surface area contributed by atoms with Crippen molar-refractivity contribution in [1.29, 1.82) is 0 Å². The van der Waals surface area contributed by atoms with E-state index in [4.69, 9.17) is 11.6 Å². The van der Waals surface area contributed by atoms with Crippen molar-refractivity contribution in [3.63, 3.8) is 0 Å². The number of hydrogen-bond acceptors (Lipinski definition) is 7. The summed E-state index contributed by atoms with van der Waals surface area (Å²) in [5.41, 5.74) is 6.68. The van der Waals surface area contributed by atoms with Gasteiger partial charge in [-0.1, -0.05) is 17.7 Å². The van der Waals surface area contributed by atoms with Crippen LogP contribution in [0.3, 0.4) is 0 Å². The average Bonchev–Trinajstić information content (AvgIpc) is 2.48. The highest BCUT2D eigenvalue weighted by Gasteiger charge is 2.24. The summed E-state index contributed by atoms with van der Waals surface area (Å²) in [7, 11) is 0. The summed E-state index contributed by atoms with van der Waals surface area (Å²) in [4.78, 5) is 18.9. The lowest BCUT2D eigenvalue weighted by atomic mass is 10.1. The summed E-state index contributed by atoms with van der Waals surface area (Å²) in [6, 6.07) is 5.27. The largest absolute Gasteiger partial charge is 0.354 e. The van der Waals surface area contributed by atoms with Crippen LogP contribution >= 0.6 is 11.6 Å².